The van der Waals surface area contributed by atoms with Crippen LogP contribution in [0.15, 0.2) is 36.5 Å². The molecule has 0 spiro atoms. The van der Waals surface area contributed by atoms with Gasteiger partial charge in [-0.1, -0.05) is 51.1 Å². The summed E-state index contributed by atoms with van der Waals surface area (Å²) in [6.45, 7) is 6.85. The molecule has 1 aromatic heterocycles. The van der Waals surface area contributed by atoms with Crippen molar-refractivity contribution in [3.05, 3.63) is 47.7 Å². The van der Waals surface area contributed by atoms with Crippen LogP contribution in [-0.2, 0) is 0 Å². The fraction of sp³-hybridized carbons (Fsp3) is 0.450. The summed E-state index contributed by atoms with van der Waals surface area (Å²) in [5.74, 6) is 1.32. The molecule has 3 atom stereocenters. The van der Waals surface area contributed by atoms with Crippen LogP contribution in [0.3, 0.4) is 0 Å². The second-order valence-corrected chi connectivity index (χ2v) is 7.53. The first-order chi connectivity index (χ1) is 12.4. The number of benzene rings is 1. The average molecular weight is 351 g/mol. The molecule has 1 aliphatic rings. The maximum Gasteiger partial charge on any atom is 0.224 e. The third kappa shape index (κ3) is 3.63. The van der Waals surface area contributed by atoms with Crippen LogP contribution in [0.2, 0.25) is 0 Å². The van der Waals surface area contributed by atoms with Crippen molar-refractivity contribution in [1.82, 2.24) is 9.97 Å². The summed E-state index contributed by atoms with van der Waals surface area (Å²) in [4.78, 5) is 8.73. The zero-order valence-corrected chi connectivity index (χ0v) is 15.4. The number of hydrogen-bond donors (Lipinski definition) is 3. The molecule has 1 heterocycles. The van der Waals surface area contributed by atoms with Crippen molar-refractivity contribution < 1.29 is 5.11 Å². The van der Waals surface area contributed by atoms with Gasteiger partial charge in [0.2, 0.25) is 5.95 Å². The van der Waals surface area contributed by atoms with E-state index in [1.54, 1.807) is 0 Å². The fourth-order valence-electron chi connectivity index (χ4n) is 3.12. The standard InChI is InChI=1S/C20H25N5O/c1-13(14-7-5-4-6-8-14)11-22-19-23-12-15(10-21)18(25-19)24-16-9-17(26)20(16,2)3/h4-8,12-13,16-17,26H,9,11H2,1-3H3,(H2,22,23,24,25)/t13-,16-,17+/m1/s1. The van der Waals surface area contributed by atoms with Gasteiger partial charge >= 0.3 is 0 Å². The highest BCUT2D eigenvalue weighted by molar-refractivity contribution is 5.54. The third-order valence-electron chi connectivity index (χ3n) is 5.37. The summed E-state index contributed by atoms with van der Waals surface area (Å²) in [6, 6.07) is 12.5. The molecule has 0 amide bonds. The highest BCUT2D eigenvalue weighted by atomic mass is 16.3. The van der Waals surface area contributed by atoms with E-state index < -0.39 is 0 Å². The molecular weight excluding hydrogens is 326 g/mol. The first-order valence-corrected chi connectivity index (χ1v) is 8.92. The topological polar surface area (TPSA) is 93.9 Å². The summed E-state index contributed by atoms with van der Waals surface area (Å²) < 4.78 is 0. The smallest absolute Gasteiger partial charge is 0.224 e. The highest BCUT2D eigenvalue weighted by Gasteiger charge is 2.47. The molecule has 0 aliphatic heterocycles. The molecule has 26 heavy (non-hydrogen) atoms. The van der Waals surface area contributed by atoms with E-state index in [1.807, 2.05) is 32.0 Å². The Bertz CT molecular complexity index is 800. The van der Waals surface area contributed by atoms with E-state index in [9.17, 15) is 10.4 Å². The van der Waals surface area contributed by atoms with Crippen LogP contribution in [0.1, 0.15) is 44.2 Å². The molecule has 2 aromatic rings. The van der Waals surface area contributed by atoms with Gasteiger partial charge in [0.25, 0.3) is 0 Å². The van der Waals surface area contributed by atoms with Crippen LogP contribution in [0.4, 0.5) is 11.8 Å². The summed E-state index contributed by atoms with van der Waals surface area (Å²) >= 11 is 0. The minimum absolute atomic E-state index is 0.0793. The third-order valence-corrected chi connectivity index (χ3v) is 5.37. The van der Waals surface area contributed by atoms with Gasteiger partial charge in [-0.2, -0.15) is 10.2 Å². The second kappa shape index (κ2) is 7.30. The van der Waals surface area contributed by atoms with Crippen molar-refractivity contribution in [3.8, 4) is 6.07 Å². The highest BCUT2D eigenvalue weighted by Crippen LogP contribution is 2.42. The number of aliphatic hydroxyl groups excluding tert-OH is 1. The molecule has 0 bridgehead atoms. The van der Waals surface area contributed by atoms with Crippen LogP contribution < -0.4 is 10.6 Å². The maximum absolute atomic E-state index is 9.91. The Labute approximate surface area is 154 Å². The van der Waals surface area contributed by atoms with Crippen LogP contribution >= 0.6 is 0 Å². The number of nitrogens with one attached hydrogen (secondary N) is 2. The van der Waals surface area contributed by atoms with Crippen molar-refractivity contribution in [2.75, 3.05) is 17.2 Å². The van der Waals surface area contributed by atoms with E-state index >= 15 is 0 Å². The van der Waals surface area contributed by atoms with E-state index in [0.717, 1.165) is 0 Å². The van der Waals surface area contributed by atoms with Gasteiger partial charge in [0, 0.05) is 18.0 Å². The predicted octanol–water partition coefficient (Wildman–Crippen LogP) is 3.14. The van der Waals surface area contributed by atoms with Gasteiger partial charge in [-0.3, -0.25) is 0 Å². The Morgan fingerprint density at radius 1 is 1.35 bits per heavy atom. The van der Waals surface area contributed by atoms with Crippen LogP contribution in [0.5, 0.6) is 0 Å². The zero-order chi connectivity index (χ0) is 18.7. The van der Waals surface area contributed by atoms with Crippen molar-refractivity contribution in [2.45, 2.75) is 45.3 Å². The molecule has 1 aromatic carbocycles. The Morgan fingerprint density at radius 3 is 2.69 bits per heavy atom. The molecule has 6 nitrogen and oxygen atoms in total. The molecule has 3 N–H and O–H groups in total. The fourth-order valence-corrected chi connectivity index (χ4v) is 3.12. The molecule has 136 valence electrons. The van der Waals surface area contributed by atoms with E-state index in [2.05, 4.69) is 45.7 Å². The zero-order valence-electron chi connectivity index (χ0n) is 15.4. The molecular formula is C20H25N5O. The van der Waals surface area contributed by atoms with E-state index in [4.69, 9.17) is 0 Å². The quantitative estimate of drug-likeness (QED) is 0.740. The minimum atomic E-state index is -0.336. The number of rotatable bonds is 6. The Morgan fingerprint density at radius 2 is 2.08 bits per heavy atom. The largest absolute Gasteiger partial charge is 0.392 e. The monoisotopic (exact) mass is 351 g/mol. The summed E-state index contributed by atoms with van der Waals surface area (Å²) in [7, 11) is 0. The molecule has 3 rings (SSSR count). The molecule has 1 aliphatic carbocycles. The van der Waals surface area contributed by atoms with Crippen LogP contribution in [0.25, 0.3) is 0 Å². The summed E-state index contributed by atoms with van der Waals surface area (Å²) in [6.07, 6.45) is 1.85. The van der Waals surface area contributed by atoms with Gasteiger partial charge in [-0.15, -0.1) is 0 Å². The molecule has 1 fully saturated rings. The Balaban J connectivity index is 1.69. The number of aliphatic hydroxyl groups is 1. The lowest BCUT2D eigenvalue weighted by Crippen LogP contribution is -2.57. The van der Waals surface area contributed by atoms with Crippen molar-refractivity contribution in [1.29, 1.82) is 5.26 Å². The number of hydrogen-bond acceptors (Lipinski definition) is 6. The first kappa shape index (κ1) is 18.2. The van der Waals surface area contributed by atoms with Crippen LogP contribution in [-0.4, -0.2) is 33.8 Å². The number of aromatic nitrogens is 2. The number of anilines is 2. The van der Waals surface area contributed by atoms with Gasteiger partial charge < -0.3 is 15.7 Å². The Kier molecular flexibility index (Phi) is 5.10. The van der Waals surface area contributed by atoms with Gasteiger partial charge in [0.05, 0.1) is 12.3 Å². The van der Waals surface area contributed by atoms with Gasteiger partial charge in [0.15, 0.2) is 0 Å². The average Bonchev–Trinajstić information content (AvgIpc) is 2.66. The van der Waals surface area contributed by atoms with Gasteiger partial charge in [-0.25, -0.2) is 4.98 Å². The van der Waals surface area contributed by atoms with Crippen molar-refractivity contribution in [2.24, 2.45) is 5.41 Å². The SMILES string of the molecule is C[C@H](CNc1ncc(C#N)c(N[C@@H]2C[C@H](O)C2(C)C)n1)c1ccccc1. The first-order valence-electron chi connectivity index (χ1n) is 8.92. The van der Waals surface area contributed by atoms with Gasteiger partial charge in [0.1, 0.15) is 17.5 Å². The van der Waals surface area contributed by atoms with E-state index in [-0.39, 0.29) is 17.6 Å². The van der Waals surface area contributed by atoms with Crippen LogP contribution in [0, 0.1) is 16.7 Å². The Hall–Kier alpha value is -2.65. The van der Waals surface area contributed by atoms with E-state index in [1.165, 1.54) is 11.8 Å². The second-order valence-electron chi connectivity index (χ2n) is 7.53. The van der Waals surface area contributed by atoms with Crippen molar-refractivity contribution >= 4 is 11.8 Å². The molecule has 1 saturated carbocycles. The molecule has 0 radical (unpaired) electrons. The molecule has 0 saturated heterocycles. The number of nitrogens with zero attached hydrogens (tertiary/aromatic N) is 3. The summed E-state index contributed by atoms with van der Waals surface area (Å²) in [5.41, 5.74) is 1.41. The normalized spacial score (nSPS) is 22.0. The predicted molar refractivity (Wildman–Crippen MR) is 102 cm³/mol. The molecule has 6 heteroatoms. The lowest BCUT2D eigenvalue weighted by atomic mass is 9.64. The number of nitriles is 1. The van der Waals surface area contributed by atoms with Crippen molar-refractivity contribution in [3.63, 3.8) is 0 Å². The minimum Gasteiger partial charge on any atom is -0.392 e. The lowest BCUT2D eigenvalue weighted by Gasteiger charge is -2.49. The van der Waals surface area contributed by atoms with Gasteiger partial charge in [-0.05, 0) is 17.9 Å². The molecule has 0 unspecified atom stereocenters. The van der Waals surface area contributed by atoms with E-state index in [0.29, 0.717) is 36.2 Å². The lowest BCUT2D eigenvalue weighted by molar-refractivity contribution is -0.0511. The summed E-state index contributed by atoms with van der Waals surface area (Å²) in [5, 5.41) is 25.8. The maximum atomic E-state index is 9.91.